The van der Waals surface area contributed by atoms with E-state index in [-0.39, 0.29) is 24.0 Å². The summed E-state index contributed by atoms with van der Waals surface area (Å²) in [6, 6.07) is 17.2. The number of nitrogens with one attached hydrogen (secondary N) is 2. The molecule has 0 aromatic heterocycles. The number of rotatable bonds is 7. The molecule has 0 bridgehead atoms. The van der Waals surface area contributed by atoms with Crippen molar-refractivity contribution in [3.05, 3.63) is 70.8 Å². The zero-order valence-electron chi connectivity index (χ0n) is 18.5. The van der Waals surface area contributed by atoms with Gasteiger partial charge in [0.25, 0.3) is 0 Å². The third-order valence-corrected chi connectivity index (χ3v) is 5.80. The van der Waals surface area contributed by atoms with E-state index in [4.69, 9.17) is 0 Å². The van der Waals surface area contributed by atoms with E-state index in [0.29, 0.717) is 0 Å². The summed E-state index contributed by atoms with van der Waals surface area (Å²) in [5.74, 6) is 0.833. The Morgan fingerprint density at radius 2 is 1.37 bits per heavy atom. The first-order valence-corrected chi connectivity index (χ1v) is 10.7. The van der Waals surface area contributed by atoms with Crippen molar-refractivity contribution >= 4 is 29.9 Å². The topological polar surface area (TPSA) is 42.9 Å². The number of guanidine groups is 1. The number of piperazine rings is 1. The Hall–Kier alpha value is -1.64. The van der Waals surface area contributed by atoms with Gasteiger partial charge in [-0.3, -0.25) is 9.89 Å². The zero-order valence-corrected chi connectivity index (χ0v) is 20.9. The van der Waals surface area contributed by atoms with Crippen LogP contribution in [0.4, 0.5) is 0 Å². The summed E-state index contributed by atoms with van der Waals surface area (Å²) in [5.41, 5.74) is 5.33. The number of likely N-dealkylation sites (N-methyl/N-ethyl adjacent to an activating group) is 1. The van der Waals surface area contributed by atoms with Crippen LogP contribution in [0.25, 0.3) is 0 Å². The molecule has 2 aromatic rings. The van der Waals surface area contributed by atoms with Gasteiger partial charge in [0.1, 0.15) is 0 Å². The van der Waals surface area contributed by atoms with Gasteiger partial charge in [-0.05, 0) is 35.7 Å². The standard InChI is InChI=1S/C24H35N5.HI/c1-4-28-13-15-29(16-14-28)19-23-12-8-7-11-22(23)18-27-24(25-3)26-17-21-10-6-5-9-20(21)2;/h5-12H,4,13-19H2,1-3H3,(H2,25,26,27);1H. The fraction of sp³-hybridized carbons (Fsp3) is 0.458. The van der Waals surface area contributed by atoms with Crippen molar-refractivity contribution < 1.29 is 0 Å². The molecule has 0 spiro atoms. The average Bonchev–Trinajstić information content (AvgIpc) is 2.76. The average molecular weight is 521 g/mol. The Morgan fingerprint density at radius 3 is 1.97 bits per heavy atom. The third-order valence-electron chi connectivity index (χ3n) is 5.80. The van der Waals surface area contributed by atoms with E-state index in [9.17, 15) is 0 Å². The Morgan fingerprint density at radius 1 is 0.833 bits per heavy atom. The SMILES string of the molecule is CCN1CCN(Cc2ccccc2CNC(=NC)NCc2ccccc2C)CC1.I. The molecule has 0 amide bonds. The first kappa shape index (κ1) is 24.6. The van der Waals surface area contributed by atoms with Crippen molar-refractivity contribution in [3.63, 3.8) is 0 Å². The number of nitrogens with zero attached hydrogens (tertiary/aromatic N) is 3. The van der Waals surface area contributed by atoms with Crippen molar-refractivity contribution in [1.82, 2.24) is 20.4 Å². The van der Waals surface area contributed by atoms with E-state index in [1.165, 1.54) is 35.3 Å². The molecule has 0 unspecified atom stereocenters. The summed E-state index contributed by atoms with van der Waals surface area (Å²) in [6.45, 7) is 12.8. The van der Waals surface area contributed by atoms with Gasteiger partial charge in [-0.1, -0.05) is 55.5 Å². The van der Waals surface area contributed by atoms with Gasteiger partial charge in [-0.15, -0.1) is 24.0 Å². The summed E-state index contributed by atoms with van der Waals surface area (Å²) < 4.78 is 0. The highest BCUT2D eigenvalue weighted by atomic mass is 127. The monoisotopic (exact) mass is 521 g/mol. The first-order chi connectivity index (χ1) is 14.2. The number of hydrogen-bond donors (Lipinski definition) is 2. The van der Waals surface area contributed by atoms with Gasteiger partial charge in [0.15, 0.2) is 5.96 Å². The molecule has 0 radical (unpaired) electrons. The van der Waals surface area contributed by atoms with Crippen LogP contribution >= 0.6 is 24.0 Å². The predicted molar refractivity (Wildman–Crippen MR) is 137 cm³/mol. The van der Waals surface area contributed by atoms with Crippen molar-refractivity contribution in [2.45, 2.75) is 33.5 Å². The molecule has 6 heteroatoms. The maximum atomic E-state index is 4.39. The smallest absolute Gasteiger partial charge is 0.191 e. The molecule has 0 atom stereocenters. The molecule has 1 fully saturated rings. The Kier molecular flexibility index (Phi) is 10.6. The van der Waals surface area contributed by atoms with Gasteiger partial charge in [-0.25, -0.2) is 0 Å². The van der Waals surface area contributed by atoms with Crippen LogP contribution in [0.1, 0.15) is 29.2 Å². The highest BCUT2D eigenvalue weighted by Gasteiger charge is 2.16. The van der Waals surface area contributed by atoms with E-state index >= 15 is 0 Å². The second-order valence-corrected chi connectivity index (χ2v) is 7.68. The van der Waals surface area contributed by atoms with Gasteiger partial charge < -0.3 is 15.5 Å². The fourth-order valence-electron chi connectivity index (χ4n) is 3.78. The number of aryl methyl sites for hydroxylation is 1. The third kappa shape index (κ3) is 7.25. The minimum Gasteiger partial charge on any atom is -0.352 e. The number of hydrogen-bond acceptors (Lipinski definition) is 3. The van der Waals surface area contributed by atoms with Gasteiger partial charge in [0.2, 0.25) is 0 Å². The summed E-state index contributed by atoms with van der Waals surface area (Å²) in [6.07, 6.45) is 0. The molecule has 164 valence electrons. The minimum atomic E-state index is 0. The molecule has 2 aromatic carbocycles. The second kappa shape index (κ2) is 12.9. The lowest BCUT2D eigenvalue weighted by molar-refractivity contribution is 0.131. The molecule has 1 heterocycles. The molecule has 0 saturated carbocycles. The fourth-order valence-corrected chi connectivity index (χ4v) is 3.78. The van der Waals surface area contributed by atoms with Gasteiger partial charge >= 0.3 is 0 Å². The quantitative estimate of drug-likeness (QED) is 0.332. The molecule has 30 heavy (non-hydrogen) atoms. The summed E-state index contributed by atoms with van der Waals surface area (Å²) >= 11 is 0. The molecule has 5 nitrogen and oxygen atoms in total. The molecular formula is C24H36IN5. The van der Waals surface area contributed by atoms with Crippen LogP contribution in [0.15, 0.2) is 53.5 Å². The lowest BCUT2D eigenvalue weighted by atomic mass is 10.1. The highest BCUT2D eigenvalue weighted by molar-refractivity contribution is 14.0. The van der Waals surface area contributed by atoms with Crippen LogP contribution in [-0.4, -0.2) is 55.5 Å². The van der Waals surface area contributed by atoms with E-state index in [2.05, 4.69) is 87.8 Å². The Balaban J connectivity index is 0.00000320. The van der Waals surface area contributed by atoms with Crippen LogP contribution in [0.3, 0.4) is 0 Å². The zero-order chi connectivity index (χ0) is 20.5. The Bertz CT molecular complexity index is 800. The highest BCUT2D eigenvalue weighted by Crippen LogP contribution is 2.14. The predicted octanol–water partition coefficient (Wildman–Crippen LogP) is 3.62. The minimum absolute atomic E-state index is 0. The van der Waals surface area contributed by atoms with Crippen LogP contribution < -0.4 is 10.6 Å². The van der Waals surface area contributed by atoms with Crippen LogP contribution in [-0.2, 0) is 19.6 Å². The van der Waals surface area contributed by atoms with Crippen molar-refractivity contribution in [2.75, 3.05) is 39.8 Å². The van der Waals surface area contributed by atoms with E-state index in [1.807, 2.05) is 7.05 Å². The summed E-state index contributed by atoms with van der Waals surface area (Å²) in [5, 5.41) is 6.91. The van der Waals surface area contributed by atoms with E-state index in [1.54, 1.807) is 0 Å². The summed E-state index contributed by atoms with van der Waals surface area (Å²) in [4.78, 5) is 9.48. The number of benzene rings is 2. The van der Waals surface area contributed by atoms with Gasteiger partial charge in [0, 0.05) is 52.9 Å². The summed E-state index contributed by atoms with van der Waals surface area (Å²) in [7, 11) is 1.83. The lowest BCUT2D eigenvalue weighted by Gasteiger charge is -2.34. The van der Waals surface area contributed by atoms with Crippen molar-refractivity contribution in [1.29, 1.82) is 0 Å². The molecule has 1 aliphatic heterocycles. The molecule has 3 rings (SSSR count). The Labute approximate surface area is 199 Å². The molecular weight excluding hydrogens is 485 g/mol. The lowest BCUT2D eigenvalue weighted by Crippen LogP contribution is -2.45. The maximum absolute atomic E-state index is 4.39. The molecule has 1 saturated heterocycles. The van der Waals surface area contributed by atoms with Gasteiger partial charge in [0.05, 0.1) is 0 Å². The molecule has 0 aliphatic carbocycles. The largest absolute Gasteiger partial charge is 0.352 e. The first-order valence-electron chi connectivity index (χ1n) is 10.7. The maximum Gasteiger partial charge on any atom is 0.191 e. The van der Waals surface area contributed by atoms with E-state index in [0.717, 1.165) is 45.2 Å². The van der Waals surface area contributed by atoms with Crippen LogP contribution in [0.5, 0.6) is 0 Å². The number of aliphatic imine (C=N–C) groups is 1. The van der Waals surface area contributed by atoms with E-state index < -0.39 is 0 Å². The normalized spacial score (nSPS) is 15.5. The second-order valence-electron chi connectivity index (χ2n) is 7.68. The van der Waals surface area contributed by atoms with Crippen LogP contribution in [0, 0.1) is 6.92 Å². The van der Waals surface area contributed by atoms with Crippen molar-refractivity contribution in [2.24, 2.45) is 4.99 Å². The van der Waals surface area contributed by atoms with Crippen molar-refractivity contribution in [3.8, 4) is 0 Å². The van der Waals surface area contributed by atoms with Gasteiger partial charge in [-0.2, -0.15) is 0 Å². The molecule has 1 aliphatic rings. The van der Waals surface area contributed by atoms with Crippen LogP contribution in [0.2, 0.25) is 0 Å². The molecule has 2 N–H and O–H groups in total. The number of halogens is 1.